The summed E-state index contributed by atoms with van der Waals surface area (Å²) in [5.41, 5.74) is 8.16. The van der Waals surface area contributed by atoms with Crippen LogP contribution in [0.3, 0.4) is 0 Å². The van der Waals surface area contributed by atoms with E-state index < -0.39 is 10.8 Å². The smallest absolute Gasteiger partial charge is 0.271 e. The molecule has 2 aromatic rings. The van der Waals surface area contributed by atoms with Crippen molar-refractivity contribution in [2.45, 2.75) is 32.6 Å². The van der Waals surface area contributed by atoms with Crippen molar-refractivity contribution in [3.63, 3.8) is 0 Å². The molecule has 2 heterocycles. The molecule has 8 heteroatoms. The molecule has 1 aromatic heterocycles. The van der Waals surface area contributed by atoms with E-state index in [0.29, 0.717) is 29.8 Å². The lowest BCUT2D eigenvalue weighted by Gasteiger charge is -2.43. The van der Waals surface area contributed by atoms with Gasteiger partial charge in [0.25, 0.3) is 5.69 Å². The molecule has 2 aliphatic rings. The van der Waals surface area contributed by atoms with Crippen molar-refractivity contribution in [2.24, 2.45) is 11.1 Å². The molecule has 0 fully saturated rings. The maximum Gasteiger partial charge on any atom is 0.271 e. The van der Waals surface area contributed by atoms with Crippen LogP contribution in [0.4, 0.5) is 11.4 Å². The molecular weight excluding hydrogens is 400 g/mol. The molecule has 0 bridgehead atoms. The van der Waals surface area contributed by atoms with Crippen molar-refractivity contribution in [3.05, 3.63) is 79.4 Å². The summed E-state index contributed by atoms with van der Waals surface area (Å²) in [5, 5.41) is 23.2. The number of non-ortho nitro benzene ring substituents is 1. The maximum atomic E-state index is 13.3. The average Bonchev–Trinajstić information content (AvgIpc) is 3.20. The Hall–Kier alpha value is -3.44. The third-order valence-corrected chi connectivity index (χ3v) is 6.44. The number of thiophene rings is 1. The summed E-state index contributed by atoms with van der Waals surface area (Å²) < 4.78 is 0. The fraction of sp³-hybridized carbons (Fsp3) is 0.273. The van der Waals surface area contributed by atoms with Crippen molar-refractivity contribution in [1.29, 1.82) is 5.26 Å². The Morgan fingerprint density at radius 1 is 1.30 bits per heavy atom. The third kappa shape index (κ3) is 3.17. The number of allylic oxidation sites excluding steroid dienone is 3. The van der Waals surface area contributed by atoms with Gasteiger partial charge in [-0.3, -0.25) is 19.8 Å². The number of carbonyl (C=O) groups excluding carboxylic acids is 1. The van der Waals surface area contributed by atoms with Crippen LogP contribution in [0.15, 0.2) is 64.4 Å². The van der Waals surface area contributed by atoms with Gasteiger partial charge in [0.05, 0.1) is 28.2 Å². The number of nitriles is 1. The van der Waals surface area contributed by atoms with Crippen LogP contribution in [0, 0.1) is 26.9 Å². The van der Waals surface area contributed by atoms with E-state index >= 15 is 0 Å². The minimum absolute atomic E-state index is 0.0182. The van der Waals surface area contributed by atoms with E-state index in [2.05, 4.69) is 6.07 Å². The second-order valence-electron chi connectivity index (χ2n) is 8.27. The van der Waals surface area contributed by atoms with E-state index in [1.807, 2.05) is 31.4 Å². The lowest BCUT2D eigenvalue weighted by Crippen LogP contribution is -2.42. The average molecular weight is 420 g/mol. The molecule has 4 rings (SSSR count). The first-order valence-electron chi connectivity index (χ1n) is 9.47. The number of carbonyl (C=O) groups is 1. The minimum Gasteiger partial charge on any atom is -0.384 e. The molecule has 0 saturated heterocycles. The highest BCUT2D eigenvalue weighted by molar-refractivity contribution is 7.10. The second-order valence-corrected chi connectivity index (χ2v) is 9.25. The molecule has 1 aliphatic carbocycles. The van der Waals surface area contributed by atoms with Crippen LogP contribution in [0.5, 0.6) is 0 Å². The number of nitro benzene ring substituents is 1. The van der Waals surface area contributed by atoms with Gasteiger partial charge in [-0.2, -0.15) is 5.26 Å². The van der Waals surface area contributed by atoms with Crippen molar-refractivity contribution >= 4 is 28.5 Å². The summed E-state index contributed by atoms with van der Waals surface area (Å²) in [6.07, 6.45) is 0.938. The molecule has 0 amide bonds. The molecule has 1 atom stereocenters. The molecule has 7 nitrogen and oxygen atoms in total. The summed E-state index contributed by atoms with van der Waals surface area (Å²) in [6.45, 7) is 4.03. The van der Waals surface area contributed by atoms with Crippen LogP contribution in [0.25, 0.3) is 0 Å². The van der Waals surface area contributed by atoms with E-state index in [4.69, 9.17) is 5.73 Å². The standard InChI is InChI=1S/C22H20N4O3S/c1-22(2)10-16-20(17(27)11-22)19(18-7-4-8-30-18)15(12-23)21(24)25(16)13-5-3-6-14(9-13)26(28)29/h3-9,19H,10-11,24H2,1-2H3/t19-/m1/s1. The van der Waals surface area contributed by atoms with Gasteiger partial charge in [0.15, 0.2) is 5.78 Å². The zero-order valence-corrected chi connectivity index (χ0v) is 17.4. The Morgan fingerprint density at radius 3 is 2.70 bits per heavy atom. The molecule has 30 heavy (non-hydrogen) atoms. The van der Waals surface area contributed by atoms with E-state index in [0.717, 1.165) is 4.88 Å². The quantitative estimate of drug-likeness (QED) is 0.573. The van der Waals surface area contributed by atoms with Crippen LogP contribution < -0.4 is 10.6 Å². The van der Waals surface area contributed by atoms with Gasteiger partial charge in [0, 0.05) is 34.7 Å². The van der Waals surface area contributed by atoms with E-state index in [1.165, 1.54) is 23.5 Å². The molecule has 2 N–H and O–H groups in total. The van der Waals surface area contributed by atoms with Gasteiger partial charge >= 0.3 is 0 Å². The van der Waals surface area contributed by atoms with Crippen molar-refractivity contribution in [1.82, 2.24) is 0 Å². The highest BCUT2D eigenvalue weighted by atomic mass is 32.1. The molecule has 0 radical (unpaired) electrons. The summed E-state index contributed by atoms with van der Waals surface area (Å²) >= 11 is 1.48. The van der Waals surface area contributed by atoms with Crippen LogP contribution in [-0.2, 0) is 4.79 Å². The Balaban J connectivity index is 1.99. The monoisotopic (exact) mass is 420 g/mol. The highest BCUT2D eigenvalue weighted by Crippen LogP contribution is 2.50. The fourth-order valence-electron chi connectivity index (χ4n) is 4.29. The summed E-state index contributed by atoms with van der Waals surface area (Å²) in [5.74, 6) is -0.320. The first kappa shape index (κ1) is 19.9. The van der Waals surface area contributed by atoms with Crippen LogP contribution in [-0.4, -0.2) is 10.7 Å². The number of hydrogen-bond acceptors (Lipinski definition) is 7. The Kier molecular flexibility index (Phi) is 4.71. The number of nitrogens with two attached hydrogens (primary N) is 1. The summed E-state index contributed by atoms with van der Waals surface area (Å²) in [6, 6.07) is 12.1. The number of nitrogens with zero attached hydrogens (tertiary/aromatic N) is 3. The number of Topliss-reactive ketones (excluding diaryl/α,β-unsaturated/α-hetero) is 1. The van der Waals surface area contributed by atoms with E-state index in [-0.39, 0.29) is 28.3 Å². The molecular formula is C22H20N4O3S. The zero-order chi connectivity index (χ0) is 21.6. The van der Waals surface area contributed by atoms with Crippen LogP contribution >= 0.6 is 11.3 Å². The predicted molar refractivity (Wildman–Crippen MR) is 115 cm³/mol. The minimum atomic E-state index is -0.511. The molecule has 0 saturated carbocycles. The number of benzene rings is 1. The predicted octanol–water partition coefficient (Wildman–Crippen LogP) is 4.60. The van der Waals surface area contributed by atoms with Gasteiger partial charge in [-0.1, -0.05) is 26.0 Å². The lowest BCUT2D eigenvalue weighted by molar-refractivity contribution is -0.384. The largest absolute Gasteiger partial charge is 0.384 e. The Bertz CT molecular complexity index is 1160. The van der Waals surface area contributed by atoms with E-state index in [1.54, 1.807) is 17.0 Å². The fourth-order valence-corrected chi connectivity index (χ4v) is 5.13. The number of hydrogen-bond donors (Lipinski definition) is 1. The van der Waals surface area contributed by atoms with Gasteiger partial charge in [-0.25, -0.2) is 0 Å². The second kappa shape index (κ2) is 7.11. The Labute approximate surface area is 177 Å². The van der Waals surface area contributed by atoms with Crippen LogP contribution in [0.1, 0.15) is 37.5 Å². The van der Waals surface area contributed by atoms with Gasteiger partial charge in [0.2, 0.25) is 0 Å². The van der Waals surface area contributed by atoms with Crippen LogP contribution in [0.2, 0.25) is 0 Å². The number of rotatable bonds is 3. The first-order valence-corrected chi connectivity index (χ1v) is 10.4. The van der Waals surface area contributed by atoms with Gasteiger partial charge in [-0.15, -0.1) is 11.3 Å². The van der Waals surface area contributed by atoms with Crippen molar-refractivity contribution in [3.8, 4) is 6.07 Å². The summed E-state index contributed by atoms with van der Waals surface area (Å²) in [4.78, 5) is 26.7. The highest BCUT2D eigenvalue weighted by Gasteiger charge is 2.45. The van der Waals surface area contributed by atoms with Gasteiger partial charge in [0.1, 0.15) is 5.82 Å². The van der Waals surface area contributed by atoms with Gasteiger partial charge in [-0.05, 0) is 29.3 Å². The SMILES string of the molecule is CC1(C)CC(=O)C2=C(C1)N(c1cccc([N+](=O)[O-])c1)C(N)=C(C#N)[C@@H]2c1cccs1. The lowest BCUT2D eigenvalue weighted by atomic mass is 9.69. The number of nitro groups is 1. The zero-order valence-electron chi connectivity index (χ0n) is 16.6. The molecule has 1 aliphatic heterocycles. The van der Waals surface area contributed by atoms with E-state index in [9.17, 15) is 20.2 Å². The van der Waals surface area contributed by atoms with Gasteiger partial charge < -0.3 is 5.73 Å². The normalized spacial score (nSPS) is 20.8. The number of anilines is 1. The summed E-state index contributed by atoms with van der Waals surface area (Å²) in [7, 11) is 0. The number of ketones is 1. The first-order chi connectivity index (χ1) is 14.2. The topological polar surface area (TPSA) is 113 Å². The Morgan fingerprint density at radius 2 is 2.07 bits per heavy atom. The molecule has 1 aromatic carbocycles. The van der Waals surface area contributed by atoms with Crippen molar-refractivity contribution in [2.75, 3.05) is 4.90 Å². The molecule has 0 spiro atoms. The molecule has 0 unspecified atom stereocenters. The maximum absolute atomic E-state index is 13.3. The van der Waals surface area contributed by atoms with Crippen molar-refractivity contribution < 1.29 is 9.72 Å². The third-order valence-electron chi connectivity index (χ3n) is 5.51. The molecule has 152 valence electrons.